The van der Waals surface area contributed by atoms with Gasteiger partial charge in [-0.15, -0.1) is 0 Å². The Morgan fingerprint density at radius 3 is 2.53 bits per heavy atom. The summed E-state index contributed by atoms with van der Waals surface area (Å²) in [6, 6.07) is 13.7. The number of likely N-dealkylation sites (tertiary alicyclic amines) is 1. The van der Waals surface area contributed by atoms with Crippen LogP contribution in [0, 0.1) is 11.4 Å². The van der Waals surface area contributed by atoms with Crippen LogP contribution in [-0.2, 0) is 26.2 Å². The predicted molar refractivity (Wildman–Crippen MR) is 133 cm³/mol. The summed E-state index contributed by atoms with van der Waals surface area (Å²) in [5, 5.41) is 3.18. The van der Waals surface area contributed by atoms with Crippen LogP contribution in [-0.4, -0.2) is 53.0 Å². The van der Waals surface area contributed by atoms with Gasteiger partial charge in [0.1, 0.15) is 0 Å². The van der Waals surface area contributed by atoms with Crippen LogP contribution < -0.4 is 5.32 Å². The zero-order valence-corrected chi connectivity index (χ0v) is 20.7. The third kappa shape index (κ3) is 4.21. The maximum Gasteiger partial charge on any atom is 0.228 e. The van der Waals surface area contributed by atoms with Gasteiger partial charge in [-0.2, -0.15) is 4.39 Å². The molecule has 2 aromatic rings. The van der Waals surface area contributed by atoms with E-state index >= 15 is 0 Å². The van der Waals surface area contributed by atoms with Crippen molar-refractivity contribution in [3.63, 3.8) is 0 Å². The average molecular weight is 492 g/mol. The Hall–Kier alpha value is -2.80. The number of amides is 2. The van der Waals surface area contributed by atoms with E-state index in [1.165, 1.54) is 17.8 Å². The number of hydrogen-bond donors (Lipinski definition) is 1. The highest BCUT2D eigenvalue weighted by Crippen LogP contribution is 2.74. The molecule has 6 nitrogen and oxygen atoms in total. The molecule has 2 amide bonds. The third-order valence-corrected chi connectivity index (χ3v) is 9.12. The molecule has 2 saturated heterocycles. The largest absolute Gasteiger partial charge is 0.375 e. The Bertz CT molecular complexity index is 1110. The van der Waals surface area contributed by atoms with Crippen molar-refractivity contribution in [1.29, 1.82) is 0 Å². The van der Waals surface area contributed by atoms with Gasteiger partial charge in [0.25, 0.3) is 0 Å². The number of carbonyl (C=O) groups excluding carboxylic acids is 2. The summed E-state index contributed by atoms with van der Waals surface area (Å²) in [6.45, 7) is 2.10. The smallest absolute Gasteiger partial charge is 0.228 e. The Balaban J connectivity index is 0.976. The van der Waals surface area contributed by atoms with Crippen LogP contribution >= 0.6 is 0 Å². The molecule has 2 aliphatic heterocycles. The Morgan fingerprint density at radius 1 is 1.08 bits per heavy atom. The van der Waals surface area contributed by atoms with Crippen LogP contribution in [0.5, 0.6) is 0 Å². The molecule has 1 N–H and O–H groups in total. The van der Waals surface area contributed by atoms with Crippen molar-refractivity contribution >= 4 is 11.8 Å². The molecule has 3 aliphatic carbocycles. The number of carbonyl (C=O) groups is 2. The Morgan fingerprint density at radius 2 is 1.83 bits per heavy atom. The molecule has 190 valence electrons. The highest BCUT2D eigenvalue weighted by Gasteiger charge is 2.72. The van der Waals surface area contributed by atoms with Gasteiger partial charge in [-0.05, 0) is 74.0 Å². The number of rotatable bonds is 6. The highest BCUT2D eigenvalue weighted by molar-refractivity contribution is 5.87. The fourth-order valence-electron chi connectivity index (χ4n) is 7.18. The predicted octanol–water partition coefficient (Wildman–Crippen LogP) is 3.93. The minimum Gasteiger partial charge on any atom is -0.375 e. The lowest BCUT2D eigenvalue weighted by Crippen LogP contribution is -2.71. The molecule has 3 saturated carbocycles. The second-order valence-electron chi connectivity index (χ2n) is 11.5. The second kappa shape index (κ2) is 8.94. The minimum atomic E-state index is -0.510. The highest BCUT2D eigenvalue weighted by atomic mass is 19.1. The lowest BCUT2D eigenvalue weighted by atomic mass is 9.33. The van der Waals surface area contributed by atoms with Crippen molar-refractivity contribution in [3.05, 3.63) is 65.7 Å². The molecule has 0 radical (unpaired) electrons. The van der Waals surface area contributed by atoms with Crippen LogP contribution in [0.4, 0.5) is 4.39 Å². The zero-order chi connectivity index (χ0) is 24.8. The van der Waals surface area contributed by atoms with E-state index in [1.807, 2.05) is 0 Å². The van der Waals surface area contributed by atoms with Gasteiger partial charge in [0, 0.05) is 38.4 Å². The molecule has 5 fully saturated rings. The monoisotopic (exact) mass is 491 g/mol. The second-order valence-corrected chi connectivity index (χ2v) is 11.5. The van der Waals surface area contributed by atoms with Crippen molar-refractivity contribution in [1.82, 2.24) is 15.2 Å². The van der Waals surface area contributed by atoms with E-state index in [-0.39, 0.29) is 28.4 Å². The molecule has 3 heterocycles. The summed E-state index contributed by atoms with van der Waals surface area (Å²) in [7, 11) is 0. The standard InChI is InChI=1S/C29H34FN3O3/c30-24-8-6-21(17-31-24)7-9-25(34)32-23-10-15-36-29(16-23)11-13-33(14-12-29)26(35)28-18-27(19-28,20-28)22-4-2-1-3-5-22/h1-6,8,17,23H,7,9-16,18-20H2,(H,32,34)/t23-,27?,28?/m1/s1. The summed E-state index contributed by atoms with van der Waals surface area (Å²) in [6.07, 6.45) is 8.59. The van der Waals surface area contributed by atoms with Crippen LogP contribution in [0.3, 0.4) is 0 Å². The van der Waals surface area contributed by atoms with Gasteiger partial charge in [0.15, 0.2) is 0 Å². The topological polar surface area (TPSA) is 71.5 Å². The van der Waals surface area contributed by atoms with Gasteiger partial charge in [-0.25, -0.2) is 4.98 Å². The number of piperidine rings is 1. The molecule has 36 heavy (non-hydrogen) atoms. The first-order valence-corrected chi connectivity index (χ1v) is 13.3. The number of aryl methyl sites for hydroxylation is 1. The lowest BCUT2D eigenvalue weighted by molar-refractivity contribution is -0.193. The van der Waals surface area contributed by atoms with Gasteiger partial charge in [-0.3, -0.25) is 9.59 Å². The number of aromatic nitrogens is 1. The lowest BCUT2D eigenvalue weighted by Gasteiger charge is -2.70. The summed E-state index contributed by atoms with van der Waals surface area (Å²) < 4.78 is 19.2. The average Bonchev–Trinajstić information content (AvgIpc) is 2.83. The molecule has 5 aliphatic rings. The molecule has 1 aromatic carbocycles. The van der Waals surface area contributed by atoms with E-state index in [2.05, 4.69) is 45.5 Å². The number of nitrogens with one attached hydrogen (secondary N) is 1. The molecular weight excluding hydrogens is 457 g/mol. The summed E-state index contributed by atoms with van der Waals surface area (Å²) in [5.74, 6) is -0.167. The van der Waals surface area contributed by atoms with Crippen molar-refractivity contribution in [2.75, 3.05) is 19.7 Å². The number of hydrogen-bond acceptors (Lipinski definition) is 4. The first-order valence-electron chi connectivity index (χ1n) is 13.3. The van der Waals surface area contributed by atoms with Gasteiger partial charge in [-0.1, -0.05) is 36.4 Å². The molecule has 1 spiro atoms. The maximum atomic E-state index is 13.4. The van der Waals surface area contributed by atoms with Crippen molar-refractivity contribution in [3.8, 4) is 0 Å². The molecule has 2 bridgehead atoms. The third-order valence-electron chi connectivity index (χ3n) is 9.12. The summed E-state index contributed by atoms with van der Waals surface area (Å²) in [4.78, 5) is 31.7. The number of benzene rings is 1. The molecule has 0 unspecified atom stereocenters. The minimum absolute atomic E-state index is 0.00459. The van der Waals surface area contributed by atoms with E-state index in [1.54, 1.807) is 6.07 Å². The summed E-state index contributed by atoms with van der Waals surface area (Å²) >= 11 is 0. The summed E-state index contributed by atoms with van der Waals surface area (Å²) in [5.41, 5.74) is 2.09. The van der Waals surface area contributed by atoms with Crippen molar-refractivity contribution < 1.29 is 18.7 Å². The van der Waals surface area contributed by atoms with Crippen LogP contribution in [0.2, 0.25) is 0 Å². The SMILES string of the molecule is O=C(CCc1ccc(F)nc1)N[C@@H]1CCOC2(CCN(C(=O)C34CC(c5ccccc5)(C3)C4)CC2)C1. The van der Waals surface area contributed by atoms with Crippen LogP contribution in [0.1, 0.15) is 62.5 Å². The van der Waals surface area contributed by atoms with E-state index < -0.39 is 5.95 Å². The number of halogens is 1. The molecule has 1 atom stereocenters. The van der Waals surface area contributed by atoms with Gasteiger partial charge in [0.2, 0.25) is 17.8 Å². The fraction of sp³-hybridized carbons (Fsp3) is 0.552. The van der Waals surface area contributed by atoms with Gasteiger partial charge >= 0.3 is 0 Å². The molecule has 7 rings (SSSR count). The first kappa shape index (κ1) is 23.6. The number of ether oxygens (including phenoxy) is 1. The van der Waals surface area contributed by atoms with Crippen LogP contribution in [0.15, 0.2) is 48.7 Å². The van der Waals surface area contributed by atoms with E-state index in [0.717, 1.165) is 63.6 Å². The molecule has 7 heteroatoms. The van der Waals surface area contributed by atoms with Crippen molar-refractivity contribution in [2.24, 2.45) is 5.41 Å². The van der Waals surface area contributed by atoms with E-state index in [4.69, 9.17) is 4.74 Å². The van der Waals surface area contributed by atoms with Gasteiger partial charge < -0.3 is 15.0 Å². The zero-order valence-electron chi connectivity index (χ0n) is 20.7. The van der Waals surface area contributed by atoms with Crippen LogP contribution in [0.25, 0.3) is 0 Å². The molecule has 1 aromatic heterocycles. The Labute approximate surface area is 211 Å². The maximum absolute atomic E-state index is 13.4. The Kier molecular flexibility index (Phi) is 5.86. The van der Waals surface area contributed by atoms with Crippen molar-refractivity contribution in [2.45, 2.75) is 74.8 Å². The number of pyridine rings is 1. The molecular formula is C29H34FN3O3. The normalized spacial score (nSPS) is 30.2. The fourth-order valence-corrected chi connectivity index (χ4v) is 7.18. The quantitative estimate of drug-likeness (QED) is 0.622. The van der Waals surface area contributed by atoms with Gasteiger partial charge in [0.05, 0.1) is 11.0 Å². The van der Waals surface area contributed by atoms with E-state index in [9.17, 15) is 14.0 Å². The van der Waals surface area contributed by atoms with E-state index in [0.29, 0.717) is 25.4 Å². The number of nitrogens with zero attached hydrogens (tertiary/aromatic N) is 2. The first-order chi connectivity index (χ1) is 17.4.